The van der Waals surface area contributed by atoms with Crippen molar-refractivity contribution in [2.45, 2.75) is 45.4 Å². The average molecular weight is 271 g/mol. The van der Waals surface area contributed by atoms with Crippen LogP contribution in [0.2, 0.25) is 0 Å². The molecule has 0 saturated carbocycles. The molecule has 0 atom stereocenters. The Labute approximate surface area is 123 Å². The largest absolute Gasteiger partial charge is 0.339 e. The van der Waals surface area contributed by atoms with E-state index in [0.29, 0.717) is 0 Å². The van der Waals surface area contributed by atoms with Crippen LogP contribution in [0.4, 0.5) is 0 Å². The van der Waals surface area contributed by atoms with Crippen molar-refractivity contribution in [3.05, 3.63) is 36.5 Å². The van der Waals surface area contributed by atoms with Gasteiger partial charge in [-0.1, -0.05) is 49.5 Å². The van der Waals surface area contributed by atoms with E-state index >= 15 is 0 Å². The number of allylic oxidation sites excluding steroid dienone is 5. The summed E-state index contributed by atoms with van der Waals surface area (Å²) in [5.41, 5.74) is 0. The Balaban J connectivity index is 2.10. The van der Waals surface area contributed by atoms with Crippen LogP contribution in [0.1, 0.15) is 45.4 Å². The summed E-state index contributed by atoms with van der Waals surface area (Å²) in [6.45, 7) is 3.98. The summed E-state index contributed by atoms with van der Waals surface area (Å²) < 4.78 is 0. The van der Waals surface area contributed by atoms with Crippen molar-refractivity contribution in [2.75, 3.05) is 13.1 Å². The highest BCUT2D eigenvalue weighted by atomic mass is 16.2. The van der Waals surface area contributed by atoms with Crippen LogP contribution in [0, 0.1) is 11.8 Å². The monoisotopic (exact) mass is 271 g/mol. The fourth-order valence-corrected chi connectivity index (χ4v) is 1.95. The fourth-order valence-electron chi connectivity index (χ4n) is 1.95. The minimum atomic E-state index is 0.132. The molecule has 1 amide bonds. The number of carbonyl (C=O) groups is 1. The lowest BCUT2D eigenvalue weighted by atomic mass is 10.2. The Bertz CT molecular complexity index is 414. The van der Waals surface area contributed by atoms with E-state index in [1.165, 1.54) is 6.42 Å². The Kier molecular flexibility index (Phi) is 9.06. The second kappa shape index (κ2) is 11.1. The number of amides is 1. The lowest BCUT2D eigenvalue weighted by molar-refractivity contribution is -0.124. The van der Waals surface area contributed by atoms with Crippen molar-refractivity contribution < 1.29 is 4.79 Å². The lowest BCUT2D eigenvalue weighted by Gasteiger charge is -2.11. The molecule has 0 bridgehead atoms. The lowest BCUT2D eigenvalue weighted by Crippen LogP contribution is -2.25. The van der Waals surface area contributed by atoms with Gasteiger partial charge in [0.1, 0.15) is 0 Å². The first-order valence-corrected chi connectivity index (χ1v) is 7.60. The molecule has 0 spiro atoms. The smallest absolute Gasteiger partial charge is 0.246 e. The quantitative estimate of drug-likeness (QED) is 0.311. The Morgan fingerprint density at radius 1 is 1.15 bits per heavy atom. The molecule has 1 aliphatic heterocycles. The Hall–Kier alpha value is -1.75. The summed E-state index contributed by atoms with van der Waals surface area (Å²) in [4.78, 5) is 13.6. The molecule has 0 aromatic carbocycles. The molecule has 0 aliphatic carbocycles. The SMILES string of the molecule is CCC/C=C\C#CCC/C=C/C=C/C(=O)N1CCCC1. The van der Waals surface area contributed by atoms with E-state index in [0.717, 1.165) is 45.2 Å². The first-order valence-electron chi connectivity index (χ1n) is 7.60. The second-order valence-electron chi connectivity index (χ2n) is 4.87. The third-order valence-corrected chi connectivity index (χ3v) is 3.10. The summed E-state index contributed by atoms with van der Waals surface area (Å²) >= 11 is 0. The van der Waals surface area contributed by atoms with Gasteiger partial charge in [0.25, 0.3) is 0 Å². The Morgan fingerprint density at radius 2 is 1.95 bits per heavy atom. The molecule has 1 rings (SSSR count). The van der Waals surface area contributed by atoms with Gasteiger partial charge in [-0.15, -0.1) is 0 Å². The van der Waals surface area contributed by atoms with Gasteiger partial charge >= 0.3 is 0 Å². The molecule has 0 aromatic heterocycles. The van der Waals surface area contributed by atoms with Crippen LogP contribution in [0.25, 0.3) is 0 Å². The summed E-state index contributed by atoms with van der Waals surface area (Å²) in [6, 6.07) is 0. The highest BCUT2D eigenvalue weighted by molar-refractivity contribution is 5.88. The predicted octanol–water partition coefficient (Wildman–Crippen LogP) is 3.86. The zero-order valence-electron chi connectivity index (χ0n) is 12.5. The zero-order chi connectivity index (χ0) is 14.5. The molecular weight excluding hydrogens is 246 g/mol. The molecule has 1 fully saturated rings. The number of unbranched alkanes of at least 4 members (excludes halogenated alkanes) is 2. The standard InChI is InChI=1S/C18H25NO/c1-2-3-4-5-6-7-8-9-10-11-12-15-18(20)19-16-13-14-17-19/h4-5,10-12,15H,2-3,8-9,13-14,16-17H2,1H3/b5-4-,11-10+,15-12+. The van der Waals surface area contributed by atoms with Crippen LogP contribution in [-0.2, 0) is 4.79 Å². The van der Waals surface area contributed by atoms with Crippen molar-refractivity contribution in [3.8, 4) is 11.8 Å². The van der Waals surface area contributed by atoms with Gasteiger partial charge in [-0.05, 0) is 31.8 Å². The summed E-state index contributed by atoms with van der Waals surface area (Å²) in [5, 5.41) is 0. The minimum absolute atomic E-state index is 0.132. The van der Waals surface area contributed by atoms with Gasteiger partial charge in [0.2, 0.25) is 5.91 Å². The number of hydrogen-bond donors (Lipinski definition) is 0. The molecule has 1 saturated heterocycles. The van der Waals surface area contributed by atoms with Gasteiger partial charge in [-0.25, -0.2) is 0 Å². The average Bonchev–Trinajstić information content (AvgIpc) is 2.99. The molecule has 1 heterocycles. The van der Waals surface area contributed by atoms with E-state index in [1.807, 2.05) is 23.1 Å². The molecule has 2 heteroatoms. The predicted molar refractivity (Wildman–Crippen MR) is 85.2 cm³/mol. The molecule has 108 valence electrons. The van der Waals surface area contributed by atoms with E-state index in [9.17, 15) is 4.79 Å². The highest BCUT2D eigenvalue weighted by Crippen LogP contribution is 2.07. The maximum atomic E-state index is 11.7. The molecule has 0 unspecified atom stereocenters. The first kappa shape index (κ1) is 16.3. The van der Waals surface area contributed by atoms with Crippen LogP contribution in [0.5, 0.6) is 0 Å². The Morgan fingerprint density at radius 3 is 2.70 bits per heavy atom. The normalized spacial score (nSPS) is 15.3. The molecule has 20 heavy (non-hydrogen) atoms. The van der Waals surface area contributed by atoms with Crippen LogP contribution >= 0.6 is 0 Å². The maximum absolute atomic E-state index is 11.7. The van der Waals surface area contributed by atoms with Gasteiger partial charge in [-0.2, -0.15) is 0 Å². The van der Waals surface area contributed by atoms with E-state index < -0.39 is 0 Å². The molecule has 2 nitrogen and oxygen atoms in total. The first-order chi connectivity index (χ1) is 9.84. The van der Waals surface area contributed by atoms with Crippen molar-refractivity contribution in [1.29, 1.82) is 0 Å². The number of carbonyl (C=O) groups excluding carboxylic acids is 1. The highest BCUT2D eigenvalue weighted by Gasteiger charge is 2.14. The summed E-state index contributed by atoms with van der Waals surface area (Å²) in [7, 11) is 0. The van der Waals surface area contributed by atoms with Gasteiger partial charge < -0.3 is 4.90 Å². The molecule has 0 radical (unpaired) electrons. The molecule has 0 N–H and O–H groups in total. The topological polar surface area (TPSA) is 20.3 Å². The van der Waals surface area contributed by atoms with Crippen molar-refractivity contribution in [2.24, 2.45) is 0 Å². The van der Waals surface area contributed by atoms with Gasteiger partial charge in [0.05, 0.1) is 0 Å². The number of nitrogens with zero attached hydrogens (tertiary/aromatic N) is 1. The van der Waals surface area contributed by atoms with Crippen molar-refractivity contribution >= 4 is 5.91 Å². The second-order valence-corrected chi connectivity index (χ2v) is 4.87. The van der Waals surface area contributed by atoms with Crippen LogP contribution < -0.4 is 0 Å². The van der Waals surface area contributed by atoms with E-state index in [2.05, 4.69) is 30.9 Å². The van der Waals surface area contributed by atoms with Crippen LogP contribution in [-0.4, -0.2) is 23.9 Å². The van der Waals surface area contributed by atoms with Crippen molar-refractivity contribution in [3.63, 3.8) is 0 Å². The molecule has 1 aliphatic rings. The van der Waals surface area contributed by atoms with E-state index in [1.54, 1.807) is 6.08 Å². The van der Waals surface area contributed by atoms with Crippen LogP contribution in [0.3, 0.4) is 0 Å². The number of rotatable bonds is 6. The summed E-state index contributed by atoms with van der Waals surface area (Å²) in [6.07, 6.45) is 17.8. The number of hydrogen-bond acceptors (Lipinski definition) is 1. The van der Waals surface area contributed by atoms with Crippen LogP contribution in [0.15, 0.2) is 36.5 Å². The minimum Gasteiger partial charge on any atom is -0.339 e. The molecular formula is C18H25NO. The van der Waals surface area contributed by atoms with Crippen molar-refractivity contribution in [1.82, 2.24) is 4.90 Å². The maximum Gasteiger partial charge on any atom is 0.246 e. The molecule has 0 aromatic rings. The summed E-state index contributed by atoms with van der Waals surface area (Å²) in [5.74, 6) is 6.26. The van der Waals surface area contributed by atoms with Gasteiger partial charge in [0.15, 0.2) is 0 Å². The van der Waals surface area contributed by atoms with Gasteiger partial charge in [-0.3, -0.25) is 4.79 Å². The zero-order valence-corrected chi connectivity index (χ0v) is 12.5. The fraction of sp³-hybridized carbons (Fsp3) is 0.500. The number of likely N-dealkylation sites (tertiary alicyclic amines) is 1. The van der Waals surface area contributed by atoms with Gasteiger partial charge in [0, 0.05) is 25.6 Å². The third kappa shape index (κ3) is 7.63. The third-order valence-electron chi connectivity index (χ3n) is 3.10. The van der Waals surface area contributed by atoms with E-state index in [-0.39, 0.29) is 5.91 Å². The van der Waals surface area contributed by atoms with E-state index in [4.69, 9.17) is 0 Å².